The van der Waals surface area contributed by atoms with Crippen molar-refractivity contribution in [2.45, 2.75) is 96.9 Å². The zero-order valence-electron chi connectivity index (χ0n) is 20.4. The van der Waals surface area contributed by atoms with Gasteiger partial charge in [0.2, 0.25) is 0 Å². The van der Waals surface area contributed by atoms with Crippen molar-refractivity contribution in [1.29, 1.82) is 0 Å². The van der Waals surface area contributed by atoms with E-state index in [0.29, 0.717) is 24.7 Å². The summed E-state index contributed by atoms with van der Waals surface area (Å²) in [6.45, 7) is 12.4. The van der Waals surface area contributed by atoms with Crippen molar-refractivity contribution in [2.75, 3.05) is 13.2 Å². The first-order valence-electron chi connectivity index (χ1n) is 12.1. The number of ether oxygens (including phenoxy) is 2. The second-order valence-corrected chi connectivity index (χ2v) is 16.2. The van der Waals surface area contributed by atoms with Crippen LogP contribution < -0.4 is 9.47 Å². The molecule has 0 unspecified atom stereocenters. The van der Waals surface area contributed by atoms with Gasteiger partial charge in [0.1, 0.15) is 17.1 Å². The smallest absolute Gasteiger partial charge is 0.339 e. The molecule has 0 saturated carbocycles. The van der Waals surface area contributed by atoms with Gasteiger partial charge in [0.05, 0.1) is 13.2 Å². The number of aromatic carboxylic acids is 1. The summed E-state index contributed by atoms with van der Waals surface area (Å²) in [5.41, 5.74) is 0.191. The van der Waals surface area contributed by atoms with Gasteiger partial charge in [0.25, 0.3) is 0 Å². The summed E-state index contributed by atoms with van der Waals surface area (Å²) in [6.07, 6.45) is 10.4. The summed E-state index contributed by atoms with van der Waals surface area (Å²) in [6, 6.07) is 6.19. The largest absolute Gasteiger partial charge is 0.493 e. The van der Waals surface area contributed by atoms with Crippen LogP contribution in [0.5, 0.6) is 11.5 Å². The molecule has 5 nitrogen and oxygen atoms in total. The van der Waals surface area contributed by atoms with E-state index in [0.717, 1.165) is 25.7 Å². The Bertz CT molecular complexity index is 634. The van der Waals surface area contributed by atoms with Crippen LogP contribution in [0.25, 0.3) is 0 Å². The van der Waals surface area contributed by atoms with Gasteiger partial charge in [0, 0.05) is 6.07 Å². The van der Waals surface area contributed by atoms with Gasteiger partial charge in [-0.15, -0.1) is 0 Å². The third kappa shape index (κ3) is 13.0. The van der Waals surface area contributed by atoms with Crippen LogP contribution in [0.1, 0.15) is 75.1 Å². The third-order valence-corrected chi connectivity index (χ3v) is 11.2. The molecule has 0 aliphatic rings. The maximum atomic E-state index is 11.5. The SMILES string of the molecule is CCCCCCCCOc1ccc(C(=O)O)c(OCCCCC[Si](C)(C)O[SiH](C)C)c1. The van der Waals surface area contributed by atoms with Crippen molar-refractivity contribution >= 4 is 23.3 Å². The fraction of sp³-hybridized carbons (Fsp3) is 0.708. The Morgan fingerprint density at radius 1 is 0.935 bits per heavy atom. The lowest BCUT2D eigenvalue weighted by atomic mass is 10.1. The Hall–Kier alpha value is -1.32. The highest BCUT2D eigenvalue weighted by molar-refractivity contribution is 6.77. The quantitative estimate of drug-likeness (QED) is 0.188. The van der Waals surface area contributed by atoms with Gasteiger partial charge in [-0.05, 0) is 57.2 Å². The van der Waals surface area contributed by atoms with Crippen LogP contribution in [0.15, 0.2) is 18.2 Å². The van der Waals surface area contributed by atoms with Crippen LogP contribution in [0.3, 0.4) is 0 Å². The molecule has 0 bridgehead atoms. The van der Waals surface area contributed by atoms with E-state index >= 15 is 0 Å². The number of carboxylic acids is 1. The minimum atomic E-state index is -1.52. The van der Waals surface area contributed by atoms with Crippen LogP contribution in [-0.4, -0.2) is 41.6 Å². The lowest BCUT2D eigenvalue weighted by Gasteiger charge is -2.25. The number of carboxylic acid groups (broad SMARTS) is 1. The molecule has 0 radical (unpaired) electrons. The predicted molar refractivity (Wildman–Crippen MR) is 134 cm³/mol. The van der Waals surface area contributed by atoms with E-state index in [-0.39, 0.29) is 5.56 Å². The number of rotatable bonds is 18. The second kappa shape index (κ2) is 15.5. The van der Waals surface area contributed by atoms with Crippen LogP contribution in [0.2, 0.25) is 32.2 Å². The van der Waals surface area contributed by atoms with Crippen molar-refractivity contribution in [3.63, 3.8) is 0 Å². The Balaban J connectivity index is 2.40. The highest BCUT2D eigenvalue weighted by atomic mass is 28.4. The van der Waals surface area contributed by atoms with Crippen molar-refractivity contribution in [1.82, 2.24) is 0 Å². The first-order valence-corrected chi connectivity index (χ1v) is 18.0. The average molecular weight is 469 g/mol. The minimum absolute atomic E-state index is 0.191. The molecule has 0 atom stereocenters. The third-order valence-electron chi connectivity index (χ3n) is 5.19. The maximum Gasteiger partial charge on any atom is 0.339 e. The van der Waals surface area contributed by atoms with Gasteiger partial charge in [-0.1, -0.05) is 51.9 Å². The zero-order valence-corrected chi connectivity index (χ0v) is 22.5. The average Bonchev–Trinajstić information content (AvgIpc) is 2.68. The molecule has 1 aromatic carbocycles. The predicted octanol–water partition coefficient (Wildman–Crippen LogP) is 6.88. The van der Waals surface area contributed by atoms with Gasteiger partial charge in [0.15, 0.2) is 17.4 Å². The molecule has 0 saturated heterocycles. The molecule has 0 amide bonds. The van der Waals surface area contributed by atoms with Crippen LogP contribution in [-0.2, 0) is 4.12 Å². The van der Waals surface area contributed by atoms with Crippen molar-refractivity contribution in [3.05, 3.63) is 23.8 Å². The molecular formula is C24H44O5Si2. The summed E-state index contributed by atoms with van der Waals surface area (Å²) in [5, 5.41) is 9.45. The fourth-order valence-electron chi connectivity index (χ4n) is 3.67. The number of hydrogen-bond donors (Lipinski definition) is 1. The fourth-order valence-corrected chi connectivity index (χ4v) is 10.3. The van der Waals surface area contributed by atoms with E-state index in [1.54, 1.807) is 18.2 Å². The number of benzene rings is 1. The monoisotopic (exact) mass is 468 g/mol. The van der Waals surface area contributed by atoms with Gasteiger partial charge >= 0.3 is 5.97 Å². The van der Waals surface area contributed by atoms with E-state index < -0.39 is 23.3 Å². The normalized spacial score (nSPS) is 11.7. The summed E-state index contributed by atoms with van der Waals surface area (Å²) in [4.78, 5) is 11.5. The van der Waals surface area contributed by atoms with Crippen LogP contribution in [0.4, 0.5) is 0 Å². The molecule has 0 aliphatic carbocycles. The molecule has 31 heavy (non-hydrogen) atoms. The highest BCUT2D eigenvalue weighted by Crippen LogP contribution is 2.26. The maximum absolute atomic E-state index is 11.5. The summed E-state index contributed by atoms with van der Waals surface area (Å²) in [5.74, 6) is 0.105. The Morgan fingerprint density at radius 3 is 2.19 bits per heavy atom. The Labute approximate surface area is 192 Å². The molecule has 178 valence electrons. The van der Waals surface area contributed by atoms with Crippen LogP contribution in [0, 0.1) is 0 Å². The first-order chi connectivity index (χ1) is 14.7. The number of hydrogen-bond acceptors (Lipinski definition) is 4. The molecule has 1 N–H and O–H groups in total. The van der Waals surface area contributed by atoms with E-state index in [9.17, 15) is 9.90 Å². The van der Waals surface area contributed by atoms with Crippen molar-refractivity contribution in [3.8, 4) is 11.5 Å². The van der Waals surface area contributed by atoms with Crippen molar-refractivity contribution < 1.29 is 23.5 Å². The Kier molecular flexibility index (Phi) is 13.8. The molecule has 1 aromatic rings. The zero-order chi connectivity index (χ0) is 23.1. The second-order valence-electron chi connectivity index (χ2n) is 9.16. The van der Waals surface area contributed by atoms with Gasteiger partial charge < -0.3 is 18.7 Å². The number of unbranched alkanes of at least 4 members (excludes halogenated alkanes) is 7. The summed E-state index contributed by atoms with van der Waals surface area (Å²) < 4.78 is 17.9. The van der Waals surface area contributed by atoms with Gasteiger partial charge in [-0.2, -0.15) is 0 Å². The lowest BCUT2D eigenvalue weighted by Crippen LogP contribution is -2.34. The Morgan fingerprint density at radius 2 is 1.55 bits per heavy atom. The molecule has 0 spiro atoms. The molecule has 0 aliphatic heterocycles. The molecular weight excluding hydrogens is 424 g/mol. The van der Waals surface area contributed by atoms with Crippen LogP contribution >= 0.6 is 0 Å². The summed E-state index contributed by atoms with van der Waals surface area (Å²) in [7, 11) is -2.49. The minimum Gasteiger partial charge on any atom is -0.493 e. The van der Waals surface area contributed by atoms with Gasteiger partial charge in [-0.3, -0.25) is 0 Å². The molecule has 0 heterocycles. The molecule has 0 fully saturated rings. The first kappa shape index (κ1) is 27.7. The molecule has 1 rings (SSSR count). The van der Waals surface area contributed by atoms with E-state index in [1.165, 1.54) is 38.1 Å². The standard InChI is InChI=1S/C24H44O5Si2/c1-6-7-8-9-10-12-17-27-21-15-16-22(24(25)26)23(20-21)28-18-13-11-14-19-31(4,5)29-30(2)3/h15-16,20,30H,6-14,17-19H2,1-5H3,(H,25,26). The topological polar surface area (TPSA) is 65.0 Å². The van der Waals surface area contributed by atoms with E-state index in [2.05, 4.69) is 33.1 Å². The van der Waals surface area contributed by atoms with Crippen molar-refractivity contribution in [2.24, 2.45) is 0 Å². The van der Waals surface area contributed by atoms with E-state index in [4.69, 9.17) is 13.6 Å². The molecule has 0 aromatic heterocycles. The van der Waals surface area contributed by atoms with E-state index in [1.807, 2.05) is 0 Å². The summed E-state index contributed by atoms with van der Waals surface area (Å²) >= 11 is 0. The highest BCUT2D eigenvalue weighted by Gasteiger charge is 2.22. The van der Waals surface area contributed by atoms with Gasteiger partial charge in [-0.25, -0.2) is 4.79 Å². The number of carbonyl (C=O) groups is 1. The lowest BCUT2D eigenvalue weighted by molar-refractivity contribution is 0.0692. The molecule has 7 heteroatoms.